The summed E-state index contributed by atoms with van der Waals surface area (Å²) in [7, 11) is -3.48. The van der Waals surface area contributed by atoms with E-state index >= 15 is 0 Å². The van der Waals surface area contributed by atoms with Gasteiger partial charge >= 0.3 is 0 Å². The molecular formula is C18H18N2O3S2. The number of nitrogens with one attached hydrogen (secondary N) is 1. The van der Waals surface area contributed by atoms with Crippen molar-refractivity contribution in [2.75, 3.05) is 11.1 Å². The van der Waals surface area contributed by atoms with Gasteiger partial charge in [-0.2, -0.15) is 0 Å². The Labute approximate surface area is 150 Å². The molecule has 2 aromatic carbocycles. The summed E-state index contributed by atoms with van der Waals surface area (Å²) < 4.78 is 25.4. The number of carbonyl (C=O) groups is 1. The number of rotatable bonds is 5. The Hall–Kier alpha value is -2.25. The Morgan fingerprint density at radius 1 is 1.12 bits per heavy atom. The molecule has 1 N–H and O–H groups in total. The summed E-state index contributed by atoms with van der Waals surface area (Å²) in [5, 5.41) is 3.20. The standard InChI is InChI=1S/C18H18N2O3S2/c1-3-12-8-7-10-14-16(12)19-18(24-14)20-17(21)13-9-5-6-11-15(13)25(22,23)4-2/h5-11H,3-4H2,1-2H3,(H,19,20,21). The van der Waals surface area contributed by atoms with Gasteiger partial charge in [0.1, 0.15) is 0 Å². The molecule has 0 atom stereocenters. The fraction of sp³-hybridized carbons (Fsp3) is 0.222. The van der Waals surface area contributed by atoms with Crippen molar-refractivity contribution < 1.29 is 13.2 Å². The SMILES string of the molecule is CCc1cccc2sc(NC(=O)c3ccccc3S(=O)(=O)CC)nc12. The summed E-state index contributed by atoms with van der Waals surface area (Å²) in [6.07, 6.45) is 0.853. The van der Waals surface area contributed by atoms with E-state index in [4.69, 9.17) is 0 Å². The Kier molecular flexibility index (Phi) is 4.87. The molecule has 0 radical (unpaired) electrons. The summed E-state index contributed by atoms with van der Waals surface area (Å²) in [6.45, 7) is 3.61. The number of thiazole rings is 1. The first-order valence-corrected chi connectivity index (χ1v) is 10.4. The van der Waals surface area contributed by atoms with Crippen LogP contribution in [0.1, 0.15) is 29.8 Å². The largest absolute Gasteiger partial charge is 0.298 e. The lowest BCUT2D eigenvalue weighted by Crippen LogP contribution is -2.17. The fourth-order valence-electron chi connectivity index (χ4n) is 2.59. The molecule has 1 aromatic heterocycles. The first-order valence-electron chi connectivity index (χ1n) is 7.97. The van der Waals surface area contributed by atoms with Crippen LogP contribution in [0.25, 0.3) is 10.2 Å². The minimum absolute atomic E-state index is 0.0466. The Bertz CT molecular complexity index is 1040. The molecule has 0 aliphatic rings. The molecule has 130 valence electrons. The highest BCUT2D eigenvalue weighted by molar-refractivity contribution is 7.91. The average Bonchev–Trinajstić information content (AvgIpc) is 3.04. The van der Waals surface area contributed by atoms with E-state index in [-0.39, 0.29) is 16.2 Å². The van der Waals surface area contributed by atoms with Gasteiger partial charge in [-0.05, 0) is 30.2 Å². The van der Waals surface area contributed by atoms with Crippen molar-refractivity contribution >= 4 is 42.4 Å². The lowest BCUT2D eigenvalue weighted by atomic mass is 10.1. The number of para-hydroxylation sites is 1. The van der Waals surface area contributed by atoms with Crippen LogP contribution in [0.5, 0.6) is 0 Å². The van der Waals surface area contributed by atoms with E-state index in [9.17, 15) is 13.2 Å². The molecule has 0 aliphatic carbocycles. The van der Waals surface area contributed by atoms with Crippen LogP contribution in [0.3, 0.4) is 0 Å². The lowest BCUT2D eigenvalue weighted by Gasteiger charge is -2.08. The van der Waals surface area contributed by atoms with Crippen LogP contribution < -0.4 is 5.32 Å². The maximum absolute atomic E-state index is 12.6. The quantitative estimate of drug-likeness (QED) is 0.735. The first-order chi connectivity index (χ1) is 12.0. The van der Waals surface area contributed by atoms with Gasteiger partial charge in [0.05, 0.1) is 26.4 Å². The predicted molar refractivity (Wildman–Crippen MR) is 101 cm³/mol. The number of carbonyl (C=O) groups excluding carboxylic acids is 1. The summed E-state index contributed by atoms with van der Waals surface area (Å²) >= 11 is 1.38. The summed E-state index contributed by atoms with van der Waals surface area (Å²) in [5.74, 6) is -0.525. The van der Waals surface area contributed by atoms with Crippen molar-refractivity contribution in [3.8, 4) is 0 Å². The summed E-state index contributed by atoms with van der Waals surface area (Å²) in [4.78, 5) is 17.2. The molecule has 25 heavy (non-hydrogen) atoms. The molecule has 5 nitrogen and oxygen atoms in total. The molecule has 1 heterocycles. The minimum Gasteiger partial charge on any atom is -0.298 e. The average molecular weight is 374 g/mol. The number of aromatic nitrogens is 1. The number of anilines is 1. The van der Waals surface area contributed by atoms with Crippen molar-refractivity contribution in [2.24, 2.45) is 0 Å². The number of amides is 1. The second-order valence-corrected chi connectivity index (χ2v) is 8.77. The highest BCUT2D eigenvalue weighted by Crippen LogP contribution is 2.29. The summed E-state index contributed by atoms with van der Waals surface area (Å²) in [6, 6.07) is 12.2. The van der Waals surface area contributed by atoms with Crippen LogP contribution in [0, 0.1) is 0 Å². The zero-order valence-electron chi connectivity index (χ0n) is 13.9. The Morgan fingerprint density at radius 3 is 2.60 bits per heavy atom. The van der Waals surface area contributed by atoms with Crippen molar-refractivity contribution in [3.05, 3.63) is 53.6 Å². The predicted octanol–water partition coefficient (Wildman–Crippen LogP) is 3.90. The molecule has 3 aromatic rings. The number of sulfone groups is 1. The van der Waals surface area contributed by atoms with E-state index in [0.29, 0.717) is 5.13 Å². The van der Waals surface area contributed by atoms with E-state index < -0.39 is 15.7 Å². The van der Waals surface area contributed by atoms with Crippen molar-refractivity contribution in [3.63, 3.8) is 0 Å². The highest BCUT2D eigenvalue weighted by Gasteiger charge is 2.21. The van der Waals surface area contributed by atoms with Gasteiger partial charge in [0.2, 0.25) is 0 Å². The van der Waals surface area contributed by atoms with Gasteiger partial charge in [0.15, 0.2) is 15.0 Å². The van der Waals surface area contributed by atoms with Crippen LogP contribution in [0.4, 0.5) is 5.13 Å². The fourth-order valence-corrected chi connectivity index (χ4v) is 4.59. The zero-order valence-corrected chi connectivity index (χ0v) is 15.6. The Morgan fingerprint density at radius 2 is 1.88 bits per heavy atom. The van der Waals surface area contributed by atoms with E-state index in [1.807, 2.05) is 18.2 Å². The molecule has 0 bridgehead atoms. The normalized spacial score (nSPS) is 11.6. The van der Waals surface area contributed by atoms with Crippen LogP contribution in [0.15, 0.2) is 47.4 Å². The van der Waals surface area contributed by atoms with Crippen LogP contribution >= 0.6 is 11.3 Å². The van der Waals surface area contributed by atoms with Gasteiger partial charge in [-0.1, -0.05) is 49.4 Å². The number of fused-ring (bicyclic) bond motifs is 1. The molecule has 0 fully saturated rings. The molecule has 0 spiro atoms. The van der Waals surface area contributed by atoms with Crippen LogP contribution in [0.2, 0.25) is 0 Å². The van der Waals surface area contributed by atoms with Crippen molar-refractivity contribution in [1.29, 1.82) is 0 Å². The molecule has 0 unspecified atom stereocenters. The van der Waals surface area contributed by atoms with Gasteiger partial charge in [0, 0.05) is 0 Å². The number of hydrogen-bond acceptors (Lipinski definition) is 5. The molecule has 3 rings (SSSR count). The van der Waals surface area contributed by atoms with E-state index in [0.717, 1.165) is 22.2 Å². The molecule has 1 amide bonds. The summed E-state index contributed by atoms with van der Waals surface area (Å²) in [5.41, 5.74) is 2.13. The highest BCUT2D eigenvalue weighted by atomic mass is 32.2. The molecule has 0 saturated carbocycles. The first kappa shape index (κ1) is 17.6. The molecule has 0 aliphatic heterocycles. The van der Waals surface area contributed by atoms with Crippen molar-refractivity contribution in [2.45, 2.75) is 25.2 Å². The van der Waals surface area contributed by atoms with E-state index in [1.165, 1.54) is 23.5 Å². The third-order valence-electron chi connectivity index (χ3n) is 3.95. The monoisotopic (exact) mass is 374 g/mol. The van der Waals surface area contributed by atoms with E-state index in [2.05, 4.69) is 17.2 Å². The zero-order chi connectivity index (χ0) is 18.0. The number of aryl methyl sites for hydroxylation is 1. The topological polar surface area (TPSA) is 76.1 Å². The smallest absolute Gasteiger partial charge is 0.258 e. The van der Waals surface area contributed by atoms with Gasteiger partial charge in [-0.3, -0.25) is 10.1 Å². The number of benzene rings is 2. The number of hydrogen-bond donors (Lipinski definition) is 1. The lowest BCUT2D eigenvalue weighted by molar-refractivity contribution is 0.102. The van der Waals surface area contributed by atoms with Gasteiger partial charge in [0.25, 0.3) is 5.91 Å². The van der Waals surface area contributed by atoms with Crippen molar-refractivity contribution in [1.82, 2.24) is 4.98 Å². The number of nitrogens with zero attached hydrogens (tertiary/aromatic N) is 1. The maximum Gasteiger partial charge on any atom is 0.258 e. The second-order valence-electron chi connectivity index (χ2n) is 5.49. The van der Waals surface area contributed by atoms with E-state index in [1.54, 1.807) is 19.1 Å². The van der Waals surface area contributed by atoms with Crippen LogP contribution in [-0.4, -0.2) is 25.1 Å². The van der Waals surface area contributed by atoms with Gasteiger partial charge in [-0.15, -0.1) is 0 Å². The molecule has 7 heteroatoms. The maximum atomic E-state index is 12.6. The minimum atomic E-state index is -3.48. The Balaban J connectivity index is 1.96. The van der Waals surface area contributed by atoms with Crippen LogP contribution in [-0.2, 0) is 16.3 Å². The molecular weight excluding hydrogens is 356 g/mol. The third-order valence-corrected chi connectivity index (χ3v) is 6.67. The van der Waals surface area contributed by atoms with Gasteiger partial charge < -0.3 is 0 Å². The third kappa shape index (κ3) is 3.43. The second kappa shape index (κ2) is 6.93. The molecule has 0 saturated heterocycles. The van der Waals surface area contributed by atoms with Gasteiger partial charge in [-0.25, -0.2) is 13.4 Å².